The minimum Gasteiger partial charge on any atom is -0.497 e. The third-order valence-electron chi connectivity index (χ3n) is 5.24. The van der Waals surface area contributed by atoms with Gasteiger partial charge in [-0.2, -0.15) is 4.68 Å². The smallest absolute Gasteiger partial charge is 0.291 e. The molecule has 4 rings (SSSR count). The fourth-order valence-corrected chi connectivity index (χ4v) is 5.10. The summed E-state index contributed by atoms with van der Waals surface area (Å²) < 4.78 is 11.9. The number of aromatic nitrogens is 2. The average molecular weight is 525 g/mol. The summed E-state index contributed by atoms with van der Waals surface area (Å²) in [6.45, 7) is 1.86. The van der Waals surface area contributed by atoms with Gasteiger partial charge in [0.15, 0.2) is 5.16 Å². The van der Waals surface area contributed by atoms with Crippen LogP contribution in [0.1, 0.15) is 23.7 Å². The average Bonchev–Trinajstić information content (AvgIpc) is 3.38. The molecule has 186 valence electrons. The third-order valence-corrected chi connectivity index (χ3v) is 7.45. The van der Waals surface area contributed by atoms with Crippen LogP contribution >= 0.6 is 23.1 Å². The molecule has 1 atom stereocenters. The summed E-state index contributed by atoms with van der Waals surface area (Å²) in [7, 11) is 3.06. The molecule has 0 fully saturated rings. The van der Waals surface area contributed by atoms with E-state index < -0.39 is 16.7 Å². The third kappa shape index (κ3) is 5.52. The largest absolute Gasteiger partial charge is 0.497 e. The van der Waals surface area contributed by atoms with Gasteiger partial charge in [0, 0.05) is 17.3 Å². The van der Waals surface area contributed by atoms with Gasteiger partial charge in [0.05, 0.1) is 25.0 Å². The van der Waals surface area contributed by atoms with Crippen molar-refractivity contribution in [3.63, 3.8) is 0 Å². The van der Waals surface area contributed by atoms with Crippen LogP contribution in [0.3, 0.4) is 0 Å². The summed E-state index contributed by atoms with van der Waals surface area (Å²) >= 11 is 2.34. The van der Waals surface area contributed by atoms with Crippen LogP contribution in [0, 0.1) is 0 Å². The molecule has 0 radical (unpaired) electrons. The fraction of sp³-hybridized carbons (Fsp3) is 0.200. The zero-order chi connectivity index (χ0) is 25.7. The quantitative estimate of drug-likeness (QED) is 0.247. The van der Waals surface area contributed by atoms with Crippen molar-refractivity contribution >= 4 is 50.8 Å². The normalized spacial score (nSPS) is 11.6. The molecule has 36 heavy (non-hydrogen) atoms. The molecule has 0 aliphatic carbocycles. The first kappa shape index (κ1) is 25.3. The van der Waals surface area contributed by atoms with Crippen LogP contribution in [0.25, 0.3) is 10.2 Å². The second kappa shape index (κ2) is 11.3. The van der Waals surface area contributed by atoms with Crippen LogP contribution in [0.5, 0.6) is 11.5 Å². The molecule has 2 aromatic heterocycles. The van der Waals surface area contributed by atoms with Gasteiger partial charge in [0.1, 0.15) is 16.2 Å². The predicted octanol–water partition coefficient (Wildman–Crippen LogP) is 4.37. The molecule has 0 unspecified atom stereocenters. The Morgan fingerprint density at radius 2 is 1.81 bits per heavy atom. The molecule has 0 saturated heterocycles. The molecule has 4 aromatic rings. The maximum Gasteiger partial charge on any atom is 0.291 e. The molecular formula is C25H24N4O5S2. The summed E-state index contributed by atoms with van der Waals surface area (Å²) in [4.78, 5) is 43.9. The first-order valence-electron chi connectivity index (χ1n) is 11.0. The van der Waals surface area contributed by atoms with Crippen molar-refractivity contribution in [2.45, 2.75) is 23.8 Å². The van der Waals surface area contributed by atoms with Gasteiger partial charge in [0.2, 0.25) is 5.91 Å². The molecule has 0 bridgehead atoms. The number of thiophene rings is 1. The van der Waals surface area contributed by atoms with E-state index in [1.807, 2.05) is 6.92 Å². The van der Waals surface area contributed by atoms with Crippen LogP contribution in [-0.4, -0.2) is 40.9 Å². The second-order valence-electron chi connectivity index (χ2n) is 7.58. The van der Waals surface area contributed by atoms with Crippen LogP contribution in [0.4, 0.5) is 5.69 Å². The number of hydrogen-bond acceptors (Lipinski definition) is 8. The Balaban J connectivity index is 1.64. The Morgan fingerprint density at radius 3 is 2.53 bits per heavy atom. The molecule has 0 spiro atoms. The Labute approximate surface area is 215 Å². The van der Waals surface area contributed by atoms with Crippen molar-refractivity contribution in [2.75, 3.05) is 25.0 Å². The fourth-order valence-electron chi connectivity index (χ4n) is 3.37. The van der Waals surface area contributed by atoms with Crippen molar-refractivity contribution in [3.8, 4) is 11.5 Å². The lowest BCUT2D eigenvalue weighted by atomic mass is 10.2. The van der Waals surface area contributed by atoms with Gasteiger partial charge in [-0.15, -0.1) is 11.3 Å². The van der Waals surface area contributed by atoms with Gasteiger partial charge in [-0.1, -0.05) is 30.8 Å². The lowest BCUT2D eigenvalue weighted by Crippen LogP contribution is -2.35. The van der Waals surface area contributed by atoms with Crippen LogP contribution in [-0.2, 0) is 4.79 Å². The van der Waals surface area contributed by atoms with Gasteiger partial charge in [-0.3, -0.25) is 19.8 Å². The molecule has 9 nitrogen and oxygen atoms in total. The second-order valence-corrected chi connectivity index (χ2v) is 9.66. The number of carbonyl (C=O) groups excluding carboxylic acids is 2. The number of nitrogens with zero attached hydrogens (tertiary/aromatic N) is 2. The van der Waals surface area contributed by atoms with Gasteiger partial charge in [0.25, 0.3) is 11.5 Å². The molecule has 2 heterocycles. The van der Waals surface area contributed by atoms with Crippen molar-refractivity contribution in [2.24, 2.45) is 0 Å². The summed E-state index contributed by atoms with van der Waals surface area (Å²) in [6.07, 6.45) is 0.460. The number of ether oxygens (including phenoxy) is 2. The van der Waals surface area contributed by atoms with Gasteiger partial charge < -0.3 is 14.8 Å². The highest BCUT2D eigenvalue weighted by molar-refractivity contribution is 8.00. The number of methoxy groups -OCH3 is 2. The molecule has 11 heteroatoms. The van der Waals surface area contributed by atoms with Crippen molar-refractivity contribution in [1.29, 1.82) is 0 Å². The summed E-state index contributed by atoms with van der Waals surface area (Å²) in [5.41, 5.74) is 3.63. The number of rotatable bonds is 9. The number of carbonyl (C=O) groups is 2. The minimum atomic E-state index is -0.584. The monoisotopic (exact) mass is 524 g/mol. The molecular weight excluding hydrogens is 500 g/mol. The number of fused-ring (bicyclic) bond motifs is 1. The zero-order valence-corrected chi connectivity index (χ0v) is 21.4. The van der Waals surface area contributed by atoms with E-state index in [-0.39, 0.29) is 11.1 Å². The topological polar surface area (TPSA) is 112 Å². The highest BCUT2D eigenvalue weighted by atomic mass is 32.2. The SMILES string of the molecule is CC[C@H](Sc1nc2ccsc2c(=O)n1NC(=O)c1cccc(OC)c1)C(=O)Nc1cccc(OC)c1. The van der Waals surface area contributed by atoms with E-state index in [2.05, 4.69) is 15.7 Å². The summed E-state index contributed by atoms with van der Waals surface area (Å²) in [5, 5.41) is 4.26. The number of benzene rings is 2. The molecule has 0 aliphatic rings. The van der Waals surface area contributed by atoms with Gasteiger partial charge >= 0.3 is 0 Å². The number of anilines is 1. The Kier molecular flexibility index (Phi) is 7.91. The van der Waals surface area contributed by atoms with Crippen molar-refractivity contribution < 1.29 is 19.1 Å². The van der Waals surface area contributed by atoms with Gasteiger partial charge in [-0.25, -0.2) is 4.98 Å². The van der Waals surface area contributed by atoms with Crippen LogP contribution in [0.15, 0.2) is 69.9 Å². The highest BCUT2D eigenvalue weighted by Crippen LogP contribution is 2.27. The Morgan fingerprint density at radius 1 is 1.08 bits per heavy atom. The minimum absolute atomic E-state index is 0.204. The van der Waals surface area contributed by atoms with E-state index in [1.54, 1.807) is 67.1 Å². The number of thioether (sulfide) groups is 1. The maximum absolute atomic E-state index is 13.3. The maximum atomic E-state index is 13.3. The van der Waals surface area contributed by atoms with E-state index in [0.29, 0.717) is 39.4 Å². The highest BCUT2D eigenvalue weighted by Gasteiger charge is 2.24. The summed E-state index contributed by atoms with van der Waals surface area (Å²) in [6, 6.07) is 15.4. The molecule has 0 aliphatic heterocycles. The number of nitrogens with one attached hydrogen (secondary N) is 2. The molecule has 2 aromatic carbocycles. The molecule has 2 N–H and O–H groups in total. The zero-order valence-electron chi connectivity index (χ0n) is 19.8. The lowest BCUT2D eigenvalue weighted by molar-refractivity contribution is -0.115. The van der Waals surface area contributed by atoms with E-state index in [4.69, 9.17) is 9.47 Å². The van der Waals surface area contributed by atoms with E-state index in [9.17, 15) is 14.4 Å². The standard InChI is InChI=1S/C25H24N4O5S2/c1-4-20(23(31)26-16-8-6-10-18(14-16)34-3)36-25-27-19-11-12-35-21(19)24(32)29(25)28-22(30)15-7-5-9-17(13-15)33-2/h5-14,20H,4H2,1-3H3,(H,26,31)(H,28,30)/t20-/m0/s1. The van der Waals surface area contributed by atoms with E-state index >= 15 is 0 Å². The van der Waals surface area contributed by atoms with Crippen LogP contribution in [0.2, 0.25) is 0 Å². The Bertz CT molecular complexity index is 1470. The lowest BCUT2D eigenvalue weighted by Gasteiger charge is -2.18. The van der Waals surface area contributed by atoms with Crippen LogP contribution < -0.4 is 25.8 Å². The van der Waals surface area contributed by atoms with E-state index in [1.165, 1.54) is 18.4 Å². The molecule has 0 saturated carbocycles. The van der Waals surface area contributed by atoms with Gasteiger partial charge in [-0.05, 0) is 48.2 Å². The Hall–Kier alpha value is -3.83. The molecule has 2 amide bonds. The first-order chi connectivity index (χ1) is 17.4. The van der Waals surface area contributed by atoms with Crippen molar-refractivity contribution in [3.05, 3.63) is 75.9 Å². The van der Waals surface area contributed by atoms with E-state index in [0.717, 1.165) is 16.4 Å². The number of amides is 2. The first-order valence-corrected chi connectivity index (χ1v) is 12.8. The summed E-state index contributed by atoms with van der Waals surface area (Å²) in [5.74, 6) is 0.356. The predicted molar refractivity (Wildman–Crippen MR) is 142 cm³/mol. The van der Waals surface area contributed by atoms with Crippen molar-refractivity contribution in [1.82, 2.24) is 9.66 Å². The number of hydrogen-bond donors (Lipinski definition) is 2.